The Morgan fingerprint density at radius 2 is 2.00 bits per heavy atom. The van der Waals surface area contributed by atoms with Crippen molar-refractivity contribution in [2.45, 2.75) is 0 Å². The van der Waals surface area contributed by atoms with Gasteiger partial charge in [-0.3, -0.25) is 9.59 Å². The van der Waals surface area contributed by atoms with E-state index in [-0.39, 0.29) is 43.4 Å². The van der Waals surface area contributed by atoms with E-state index >= 15 is 0 Å². The molecule has 0 saturated carbocycles. The number of carboxylic acids is 1. The summed E-state index contributed by atoms with van der Waals surface area (Å²) in [5, 5.41) is 10.7. The Balaban J connectivity index is 0. The molecule has 0 spiro atoms. The fraction of sp³-hybridized carbons (Fsp3) is 0.111. The molecule has 2 N–H and O–H groups in total. The number of halogens is 1. The minimum Gasteiger partial charge on any atom is -1.00 e. The summed E-state index contributed by atoms with van der Waals surface area (Å²) < 4.78 is 0.799. The smallest absolute Gasteiger partial charge is 1.00 e. The van der Waals surface area contributed by atoms with E-state index in [1.54, 1.807) is 18.2 Å². The molecule has 4 nitrogen and oxygen atoms in total. The Labute approximate surface area is 124 Å². The molecule has 0 aliphatic carbocycles. The van der Waals surface area contributed by atoms with Gasteiger partial charge in [-0.2, -0.15) is 0 Å². The molecule has 0 bridgehead atoms. The first-order valence-corrected chi connectivity index (χ1v) is 4.93. The van der Waals surface area contributed by atoms with Gasteiger partial charge in [0.15, 0.2) is 0 Å². The molecule has 6 heteroatoms. The first-order chi connectivity index (χ1) is 6.61. The molecule has 0 unspecified atom stereocenters. The third-order valence-electron chi connectivity index (χ3n) is 1.52. The summed E-state index contributed by atoms with van der Waals surface area (Å²) in [7, 11) is 0. The summed E-state index contributed by atoms with van der Waals surface area (Å²) in [5.41, 5.74) is 0.495. The molecule has 0 atom stereocenters. The van der Waals surface area contributed by atoms with Crippen molar-refractivity contribution in [2.24, 2.45) is 0 Å². The maximum absolute atomic E-state index is 11.4. The van der Waals surface area contributed by atoms with Gasteiger partial charge in [0.2, 0.25) is 0 Å². The van der Waals surface area contributed by atoms with Gasteiger partial charge in [-0.25, -0.2) is 0 Å². The van der Waals surface area contributed by atoms with Crippen molar-refractivity contribution in [3.63, 3.8) is 0 Å². The van der Waals surface area contributed by atoms with Gasteiger partial charge in [0.05, 0.1) is 5.56 Å². The van der Waals surface area contributed by atoms with E-state index in [4.69, 9.17) is 5.11 Å². The molecular formula is C9H9INNaO3. The van der Waals surface area contributed by atoms with Gasteiger partial charge < -0.3 is 11.8 Å². The minimum absolute atomic E-state index is 0. The van der Waals surface area contributed by atoms with Gasteiger partial charge in [-0.1, -0.05) is 12.1 Å². The summed E-state index contributed by atoms with van der Waals surface area (Å²) in [6.45, 7) is -0.357. The SMILES string of the molecule is O=C(O)CNC(=O)c1ccccc1I.[H-].[Na+]. The molecule has 0 saturated heterocycles. The van der Waals surface area contributed by atoms with E-state index in [2.05, 4.69) is 5.32 Å². The molecule has 0 fully saturated rings. The quantitative estimate of drug-likeness (QED) is 0.509. The third-order valence-corrected chi connectivity index (χ3v) is 2.46. The molecule has 15 heavy (non-hydrogen) atoms. The van der Waals surface area contributed by atoms with E-state index in [1.165, 1.54) is 0 Å². The predicted octanol–water partition coefficient (Wildman–Crippen LogP) is -1.78. The number of aliphatic carboxylic acids is 1. The Kier molecular flexibility index (Phi) is 7.16. The van der Waals surface area contributed by atoms with Crippen LogP contribution in [0, 0.1) is 3.57 Å². The largest absolute Gasteiger partial charge is 1.00 e. The average molecular weight is 329 g/mol. The van der Waals surface area contributed by atoms with Crippen LogP contribution < -0.4 is 34.9 Å². The Hall–Kier alpha value is -0.110. The van der Waals surface area contributed by atoms with Crippen LogP contribution in [0.2, 0.25) is 0 Å². The standard InChI is InChI=1S/C9H8INO3.Na.H/c10-7-4-2-1-3-6(7)9(14)11-5-8(12)13;;/h1-4H,5H2,(H,11,14)(H,12,13);;/q;+1;-1. The molecule has 0 aliphatic rings. The molecule has 76 valence electrons. The molecular weight excluding hydrogens is 320 g/mol. The molecule has 1 aromatic rings. The van der Waals surface area contributed by atoms with Crippen molar-refractivity contribution in [1.29, 1.82) is 0 Å². The minimum atomic E-state index is -1.05. The summed E-state index contributed by atoms with van der Waals surface area (Å²) in [6.07, 6.45) is 0. The maximum atomic E-state index is 11.4. The number of carboxylic acid groups (broad SMARTS) is 1. The maximum Gasteiger partial charge on any atom is 1.00 e. The number of nitrogens with one attached hydrogen (secondary N) is 1. The zero-order valence-electron chi connectivity index (χ0n) is 9.16. The van der Waals surface area contributed by atoms with Crippen molar-refractivity contribution in [2.75, 3.05) is 6.54 Å². The van der Waals surface area contributed by atoms with E-state index in [0.29, 0.717) is 5.56 Å². The summed E-state index contributed by atoms with van der Waals surface area (Å²) in [6, 6.07) is 6.99. The van der Waals surface area contributed by atoms with Crippen LogP contribution in [-0.2, 0) is 4.79 Å². The molecule has 0 aliphatic heterocycles. The van der Waals surface area contributed by atoms with Crippen LogP contribution in [-0.4, -0.2) is 23.5 Å². The predicted molar refractivity (Wildman–Crippen MR) is 60.2 cm³/mol. The number of rotatable bonds is 3. The number of hydrogen-bond acceptors (Lipinski definition) is 2. The van der Waals surface area contributed by atoms with Crippen molar-refractivity contribution >= 4 is 34.5 Å². The fourth-order valence-electron chi connectivity index (χ4n) is 0.896. The van der Waals surface area contributed by atoms with Crippen LogP contribution in [0.4, 0.5) is 0 Å². The van der Waals surface area contributed by atoms with Gasteiger partial charge in [0, 0.05) is 3.57 Å². The number of benzene rings is 1. The van der Waals surface area contributed by atoms with Gasteiger partial charge in [-0.05, 0) is 34.7 Å². The topological polar surface area (TPSA) is 66.4 Å². The average Bonchev–Trinajstić information content (AvgIpc) is 2.15. The van der Waals surface area contributed by atoms with Crippen LogP contribution in [0.5, 0.6) is 0 Å². The summed E-state index contributed by atoms with van der Waals surface area (Å²) in [4.78, 5) is 21.6. The van der Waals surface area contributed by atoms with Crippen LogP contribution in [0.1, 0.15) is 11.8 Å². The van der Waals surface area contributed by atoms with Crippen LogP contribution in [0.3, 0.4) is 0 Å². The van der Waals surface area contributed by atoms with E-state index in [9.17, 15) is 9.59 Å². The van der Waals surface area contributed by atoms with Gasteiger partial charge >= 0.3 is 35.5 Å². The van der Waals surface area contributed by atoms with E-state index in [0.717, 1.165) is 3.57 Å². The van der Waals surface area contributed by atoms with Gasteiger partial charge in [-0.15, -0.1) is 0 Å². The molecule has 1 aromatic carbocycles. The van der Waals surface area contributed by atoms with E-state index in [1.807, 2.05) is 28.7 Å². The molecule has 0 heterocycles. The van der Waals surface area contributed by atoms with Crippen molar-refractivity contribution in [3.05, 3.63) is 33.4 Å². The van der Waals surface area contributed by atoms with Crippen molar-refractivity contribution < 1.29 is 45.7 Å². The Bertz CT molecular complexity index is 376. The van der Waals surface area contributed by atoms with Crippen molar-refractivity contribution in [3.8, 4) is 0 Å². The van der Waals surface area contributed by atoms with Gasteiger partial charge in [0.1, 0.15) is 6.54 Å². The van der Waals surface area contributed by atoms with E-state index < -0.39 is 5.97 Å². The van der Waals surface area contributed by atoms with Crippen LogP contribution in [0.25, 0.3) is 0 Å². The molecule has 1 rings (SSSR count). The fourth-order valence-corrected chi connectivity index (χ4v) is 1.53. The second-order valence-corrected chi connectivity index (χ2v) is 3.72. The number of amides is 1. The zero-order valence-corrected chi connectivity index (χ0v) is 12.3. The second-order valence-electron chi connectivity index (χ2n) is 2.56. The first-order valence-electron chi connectivity index (χ1n) is 3.86. The normalized spacial score (nSPS) is 8.87. The number of carbonyl (C=O) groups excluding carboxylic acids is 1. The Morgan fingerprint density at radius 3 is 2.53 bits per heavy atom. The van der Waals surface area contributed by atoms with Crippen LogP contribution >= 0.6 is 22.6 Å². The van der Waals surface area contributed by atoms with Crippen molar-refractivity contribution in [1.82, 2.24) is 5.32 Å². The van der Waals surface area contributed by atoms with Gasteiger partial charge in [0.25, 0.3) is 5.91 Å². The first kappa shape index (κ1) is 14.9. The molecule has 0 aromatic heterocycles. The molecule has 1 amide bonds. The number of carbonyl (C=O) groups is 2. The summed E-state index contributed by atoms with van der Waals surface area (Å²) in [5.74, 6) is -1.42. The molecule has 0 radical (unpaired) electrons. The zero-order chi connectivity index (χ0) is 10.6. The third kappa shape index (κ3) is 4.96. The van der Waals surface area contributed by atoms with Crippen LogP contribution in [0.15, 0.2) is 24.3 Å². The summed E-state index contributed by atoms with van der Waals surface area (Å²) >= 11 is 2.02. The second kappa shape index (κ2) is 7.21. The number of hydrogen-bond donors (Lipinski definition) is 2. The Morgan fingerprint density at radius 1 is 1.40 bits per heavy atom. The monoisotopic (exact) mass is 329 g/mol.